The molecule has 106 valence electrons. The highest BCUT2D eigenvalue weighted by Gasteiger charge is 2.07. The van der Waals surface area contributed by atoms with Crippen LogP contribution in [0.5, 0.6) is 0 Å². The van der Waals surface area contributed by atoms with Crippen molar-refractivity contribution in [1.82, 2.24) is 19.7 Å². The maximum Gasteiger partial charge on any atom is 0.178 e. The van der Waals surface area contributed by atoms with Gasteiger partial charge in [-0.2, -0.15) is 5.10 Å². The van der Waals surface area contributed by atoms with Crippen molar-refractivity contribution in [2.45, 2.75) is 6.54 Å². The fourth-order valence-electron chi connectivity index (χ4n) is 1.89. The molecule has 5 nitrogen and oxygen atoms in total. The molecule has 3 rings (SSSR count). The van der Waals surface area contributed by atoms with Gasteiger partial charge in [0, 0.05) is 22.2 Å². The molecule has 0 unspecified atom stereocenters. The number of hydrogen-bond acceptors (Lipinski definition) is 4. The number of nitrogens with one attached hydrogen (secondary N) is 1. The Labute approximate surface area is 135 Å². The van der Waals surface area contributed by atoms with Crippen LogP contribution in [0.1, 0.15) is 5.56 Å². The first kappa shape index (κ1) is 14.0. The van der Waals surface area contributed by atoms with Gasteiger partial charge in [-0.3, -0.25) is 0 Å². The van der Waals surface area contributed by atoms with E-state index < -0.39 is 0 Å². The van der Waals surface area contributed by atoms with E-state index in [9.17, 15) is 0 Å². The molecule has 0 spiro atoms. The molecule has 0 saturated carbocycles. The minimum Gasteiger partial charge on any atom is -0.378 e. The zero-order valence-corrected chi connectivity index (χ0v) is 13.2. The second-order valence-electron chi connectivity index (χ2n) is 4.30. The van der Waals surface area contributed by atoms with Gasteiger partial charge in [0.2, 0.25) is 0 Å². The molecule has 1 N–H and O–H groups in total. The van der Waals surface area contributed by atoms with E-state index in [1.165, 1.54) is 6.33 Å². The van der Waals surface area contributed by atoms with Crippen LogP contribution < -0.4 is 5.32 Å². The Bertz CT molecular complexity index is 745. The molecular weight excluding hydrogens is 354 g/mol. The summed E-state index contributed by atoms with van der Waals surface area (Å²) in [6.45, 7) is 0.597. The Hall–Kier alpha value is -1.92. The maximum absolute atomic E-state index is 6.22. The Morgan fingerprint density at radius 1 is 1.29 bits per heavy atom. The van der Waals surface area contributed by atoms with E-state index in [4.69, 9.17) is 11.6 Å². The van der Waals surface area contributed by atoms with Gasteiger partial charge >= 0.3 is 0 Å². The lowest BCUT2D eigenvalue weighted by Crippen LogP contribution is -2.06. The number of anilines is 1. The molecule has 0 aliphatic heterocycles. The van der Waals surface area contributed by atoms with E-state index in [0.29, 0.717) is 17.4 Å². The average molecular weight is 365 g/mol. The van der Waals surface area contributed by atoms with Crippen LogP contribution in [-0.4, -0.2) is 19.7 Å². The quantitative estimate of drug-likeness (QED) is 0.767. The molecule has 0 amide bonds. The minimum absolute atomic E-state index is 0.597. The fraction of sp³-hybridized carbons (Fsp3) is 0.0714. The summed E-state index contributed by atoms with van der Waals surface area (Å²) in [4.78, 5) is 8.27. The third-order valence-corrected chi connectivity index (χ3v) is 3.75. The Morgan fingerprint density at radius 3 is 2.95 bits per heavy atom. The normalized spacial score (nSPS) is 10.6. The van der Waals surface area contributed by atoms with Crippen molar-refractivity contribution < 1.29 is 0 Å². The van der Waals surface area contributed by atoms with Gasteiger partial charge in [0.15, 0.2) is 5.82 Å². The van der Waals surface area contributed by atoms with Crippen LogP contribution >= 0.6 is 27.5 Å². The second kappa shape index (κ2) is 6.24. The summed E-state index contributed by atoms with van der Waals surface area (Å²) >= 11 is 9.62. The highest BCUT2D eigenvalue weighted by atomic mass is 79.9. The molecule has 0 saturated heterocycles. The predicted octanol–water partition coefficient (Wildman–Crippen LogP) is 3.69. The van der Waals surface area contributed by atoms with Gasteiger partial charge in [-0.05, 0) is 29.8 Å². The highest BCUT2D eigenvalue weighted by molar-refractivity contribution is 9.10. The summed E-state index contributed by atoms with van der Waals surface area (Å²) in [5, 5.41) is 8.14. The first-order valence-electron chi connectivity index (χ1n) is 6.22. The molecule has 2 aromatic heterocycles. The predicted molar refractivity (Wildman–Crippen MR) is 85.6 cm³/mol. The van der Waals surface area contributed by atoms with Gasteiger partial charge in [0.05, 0.1) is 5.69 Å². The molecule has 21 heavy (non-hydrogen) atoms. The van der Waals surface area contributed by atoms with Crippen LogP contribution in [0.3, 0.4) is 0 Å². The van der Waals surface area contributed by atoms with Gasteiger partial charge in [0.1, 0.15) is 12.7 Å². The number of benzene rings is 1. The summed E-state index contributed by atoms with van der Waals surface area (Å²) in [5.74, 6) is 0.697. The zero-order chi connectivity index (χ0) is 14.7. The van der Waals surface area contributed by atoms with Crippen LogP contribution in [-0.2, 0) is 6.54 Å². The van der Waals surface area contributed by atoms with Crippen molar-refractivity contribution in [3.63, 3.8) is 0 Å². The van der Waals surface area contributed by atoms with Crippen molar-refractivity contribution in [3.05, 3.63) is 64.2 Å². The molecule has 0 bridgehead atoms. The summed E-state index contributed by atoms with van der Waals surface area (Å²) in [6.07, 6.45) is 4.80. The standard InChI is InChI=1S/C14H11BrClN5/c15-11-4-3-10(12(16)6-11)7-19-13-2-1-5-18-14(13)21-9-17-8-20-21/h1-6,8-9,19H,7H2. The Balaban J connectivity index is 1.83. The first-order valence-corrected chi connectivity index (χ1v) is 7.39. The second-order valence-corrected chi connectivity index (χ2v) is 5.63. The van der Waals surface area contributed by atoms with Crippen LogP contribution in [0.15, 0.2) is 53.7 Å². The van der Waals surface area contributed by atoms with Crippen molar-refractivity contribution in [2.24, 2.45) is 0 Å². The summed E-state index contributed by atoms with van der Waals surface area (Å²) in [7, 11) is 0. The molecule has 0 fully saturated rings. The van der Waals surface area contributed by atoms with Crippen molar-refractivity contribution in [2.75, 3.05) is 5.32 Å². The van der Waals surface area contributed by atoms with Gasteiger partial charge in [-0.15, -0.1) is 0 Å². The van der Waals surface area contributed by atoms with Gasteiger partial charge in [-0.25, -0.2) is 14.6 Å². The van der Waals surface area contributed by atoms with E-state index in [-0.39, 0.29) is 0 Å². The van der Waals surface area contributed by atoms with Gasteiger partial charge in [-0.1, -0.05) is 33.6 Å². The highest BCUT2D eigenvalue weighted by Crippen LogP contribution is 2.23. The average Bonchev–Trinajstić information content (AvgIpc) is 3.01. The SMILES string of the molecule is Clc1cc(Br)ccc1CNc1cccnc1-n1cncn1. The fourth-order valence-corrected chi connectivity index (χ4v) is 2.63. The molecule has 2 heterocycles. The largest absolute Gasteiger partial charge is 0.378 e. The maximum atomic E-state index is 6.22. The molecule has 3 aromatic rings. The minimum atomic E-state index is 0.597. The third kappa shape index (κ3) is 3.22. The van der Waals surface area contributed by atoms with Crippen LogP contribution in [0.2, 0.25) is 5.02 Å². The lowest BCUT2D eigenvalue weighted by Gasteiger charge is -2.11. The number of rotatable bonds is 4. The number of nitrogens with zero attached hydrogens (tertiary/aromatic N) is 4. The number of halogens is 2. The lowest BCUT2D eigenvalue weighted by molar-refractivity contribution is 0.844. The van der Waals surface area contributed by atoms with Crippen molar-refractivity contribution in [3.8, 4) is 5.82 Å². The zero-order valence-electron chi connectivity index (χ0n) is 10.9. The van der Waals surface area contributed by atoms with Crippen LogP contribution in [0, 0.1) is 0 Å². The molecule has 0 atom stereocenters. The van der Waals surface area contributed by atoms with E-state index in [1.807, 2.05) is 30.3 Å². The summed E-state index contributed by atoms with van der Waals surface area (Å²) < 4.78 is 2.58. The number of aromatic nitrogens is 4. The monoisotopic (exact) mass is 363 g/mol. The molecule has 0 aliphatic carbocycles. The lowest BCUT2D eigenvalue weighted by atomic mass is 10.2. The molecule has 1 aromatic carbocycles. The van der Waals surface area contributed by atoms with E-state index in [1.54, 1.807) is 17.2 Å². The van der Waals surface area contributed by atoms with Crippen LogP contribution in [0.4, 0.5) is 5.69 Å². The van der Waals surface area contributed by atoms with Crippen molar-refractivity contribution in [1.29, 1.82) is 0 Å². The van der Waals surface area contributed by atoms with Gasteiger partial charge in [0.25, 0.3) is 0 Å². The Kier molecular flexibility index (Phi) is 4.17. The molecule has 0 radical (unpaired) electrons. The number of hydrogen-bond donors (Lipinski definition) is 1. The Morgan fingerprint density at radius 2 is 2.19 bits per heavy atom. The third-order valence-electron chi connectivity index (χ3n) is 2.91. The van der Waals surface area contributed by atoms with Gasteiger partial charge < -0.3 is 5.32 Å². The molecule has 0 aliphatic rings. The topological polar surface area (TPSA) is 55.6 Å². The first-order chi connectivity index (χ1) is 10.2. The molecule has 7 heteroatoms. The van der Waals surface area contributed by atoms with Crippen molar-refractivity contribution >= 4 is 33.2 Å². The number of pyridine rings is 1. The van der Waals surface area contributed by atoms with E-state index in [2.05, 4.69) is 36.3 Å². The van der Waals surface area contributed by atoms with E-state index >= 15 is 0 Å². The summed E-state index contributed by atoms with van der Waals surface area (Å²) in [6, 6.07) is 9.62. The molecular formula is C14H11BrClN5. The van der Waals surface area contributed by atoms with Crippen LogP contribution in [0.25, 0.3) is 5.82 Å². The van der Waals surface area contributed by atoms with E-state index in [0.717, 1.165) is 15.7 Å². The summed E-state index contributed by atoms with van der Waals surface area (Å²) in [5.41, 5.74) is 1.87. The smallest absolute Gasteiger partial charge is 0.178 e.